The number of anilines is 1. The summed E-state index contributed by atoms with van der Waals surface area (Å²) in [7, 11) is 4.08. The Morgan fingerprint density at radius 2 is 1.93 bits per heavy atom. The lowest BCUT2D eigenvalue weighted by Crippen LogP contribution is -2.49. The molecule has 150 valence electrons. The molecule has 0 aromatic carbocycles. The second-order valence-electron chi connectivity index (χ2n) is 7.55. The van der Waals surface area contributed by atoms with Crippen LogP contribution in [0.1, 0.15) is 35.0 Å². The smallest absolute Gasteiger partial charge is 0.254 e. The zero-order chi connectivity index (χ0) is 20.1. The van der Waals surface area contributed by atoms with Crippen molar-refractivity contribution >= 4 is 11.7 Å². The lowest BCUT2D eigenvalue weighted by Gasteiger charge is -2.35. The van der Waals surface area contributed by atoms with E-state index >= 15 is 0 Å². The third-order valence-electron chi connectivity index (χ3n) is 4.87. The van der Waals surface area contributed by atoms with Gasteiger partial charge in [0.05, 0.1) is 0 Å². The van der Waals surface area contributed by atoms with Gasteiger partial charge in [-0.25, -0.2) is 4.98 Å². The van der Waals surface area contributed by atoms with Crippen molar-refractivity contribution < 1.29 is 4.79 Å². The number of pyridine rings is 2. The van der Waals surface area contributed by atoms with Gasteiger partial charge in [-0.15, -0.1) is 0 Å². The number of carbonyl (C=O) groups excluding carboxylic acids is 1. The maximum atomic E-state index is 12.8. The highest BCUT2D eigenvalue weighted by Crippen LogP contribution is 2.16. The predicted octanol–water partition coefficient (Wildman–Crippen LogP) is 1.75. The molecular weight excluding hydrogens is 354 g/mol. The summed E-state index contributed by atoms with van der Waals surface area (Å²) in [5, 5.41) is 0. The van der Waals surface area contributed by atoms with Crippen molar-refractivity contribution in [2.75, 3.05) is 45.2 Å². The molecule has 28 heavy (non-hydrogen) atoms. The first kappa shape index (κ1) is 20.1. The van der Waals surface area contributed by atoms with E-state index in [2.05, 4.69) is 25.8 Å². The molecule has 7 nitrogen and oxygen atoms in total. The minimum atomic E-state index is -0.213. The Labute approximate surface area is 166 Å². The summed E-state index contributed by atoms with van der Waals surface area (Å²) in [6.45, 7) is 5.62. The summed E-state index contributed by atoms with van der Waals surface area (Å²) in [5.74, 6) is 0.869. The predicted molar refractivity (Wildman–Crippen MR) is 111 cm³/mol. The molecule has 1 aliphatic rings. The quantitative estimate of drug-likeness (QED) is 0.823. The standard InChI is InChI=1S/C21H29N5O2/c1-4-5-18-12-17(13-20(27)23-18)21(28)26-10-8-25(9-11-26)19-7-6-16(14-22-19)15-24(2)3/h6-7,12-14H,4-5,8-11,15H2,1-3H3,(H,23,27). The Balaban J connectivity index is 1.62. The lowest BCUT2D eigenvalue weighted by atomic mass is 10.1. The van der Waals surface area contributed by atoms with Gasteiger partial charge in [-0.05, 0) is 38.2 Å². The van der Waals surface area contributed by atoms with Gasteiger partial charge in [0, 0.05) is 56.2 Å². The first-order valence-electron chi connectivity index (χ1n) is 9.83. The molecule has 0 saturated carbocycles. The fraction of sp³-hybridized carbons (Fsp3) is 0.476. The second kappa shape index (κ2) is 9.01. The van der Waals surface area contributed by atoms with Crippen molar-refractivity contribution in [2.45, 2.75) is 26.3 Å². The second-order valence-corrected chi connectivity index (χ2v) is 7.55. The number of hydrogen-bond donors (Lipinski definition) is 1. The molecule has 1 saturated heterocycles. The van der Waals surface area contributed by atoms with Gasteiger partial charge in [-0.3, -0.25) is 9.59 Å². The van der Waals surface area contributed by atoms with E-state index in [0.29, 0.717) is 18.7 Å². The number of amides is 1. The maximum absolute atomic E-state index is 12.8. The molecule has 1 amide bonds. The Bertz CT molecular complexity index is 852. The number of piperazine rings is 1. The van der Waals surface area contributed by atoms with Crippen LogP contribution in [-0.2, 0) is 13.0 Å². The average molecular weight is 383 g/mol. The first-order valence-corrected chi connectivity index (χ1v) is 9.83. The SMILES string of the molecule is CCCc1cc(C(=O)N2CCN(c3ccc(CN(C)C)cn3)CC2)cc(=O)[nH]1. The molecule has 0 aliphatic carbocycles. The van der Waals surface area contributed by atoms with Gasteiger partial charge in [0.15, 0.2) is 0 Å². The molecule has 7 heteroatoms. The van der Waals surface area contributed by atoms with Crippen LogP contribution in [-0.4, -0.2) is 65.9 Å². The number of hydrogen-bond acceptors (Lipinski definition) is 5. The van der Waals surface area contributed by atoms with E-state index in [1.54, 1.807) is 0 Å². The van der Waals surface area contributed by atoms with E-state index in [1.807, 2.05) is 44.2 Å². The molecule has 1 fully saturated rings. The molecule has 1 aliphatic heterocycles. The van der Waals surface area contributed by atoms with Crippen molar-refractivity contribution in [2.24, 2.45) is 0 Å². The fourth-order valence-electron chi connectivity index (χ4n) is 3.51. The number of aromatic amines is 1. The zero-order valence-corrected chi connectivity index (χ0v) is 16.9. The van der Waals surface area contributed by atoms with Gasteiger partial charge < -0.3 is 19.7 Å². The Hall–Kier alpha value is -2.67. The fourth-order valence-corrected chi connectivity index (χ4v) is 3.51. The molecule has 2 aromatic heterocycles. The van der Waals surface area contributed by atoms with Crippen LogP contribution in [0.4, 0.5) is 5.82 Å². The first-order chi connectivity index (χ1) is 13.5. The van der Waals surface area contributed by atoms with Crippen LogP contribution in [0.15, 0.2) is 35.3 Å². The van der Waals surface area contributed by atoms with Crippen molar-refractivity contribution in [1.29, 1.82) is 0 Å². The van der Waals surface area contributed by atoms with Gasteiger partial charge in [0.1, 0.15) is 5.82 Å². The summed E-state index contributed by atoms with van der Waals surface area (Å²) in [4.78, 5) is 38.2. The van der Waals surface area contributed by atoms with Gasteiger partial charge >= 0.3 is 0 Å². The highest BCUT2D eigenvalue weighted by Gasteiger charge is 2.23. The van der Waals surface area contributed by atoms with Crippen molar-refractivity contribution in [3.63, 3.8) is 0 Å². The van der Waals surface area contributed by atoms with Crippen LogP contribution in [0.3, 0.4) is 0 Å². The van der Waals surface area contributed by atoms with Gasteiger partial charge in [0.25, 0.3) is 5.91 Å². The van der Waals surface area contributed by atoms with Crippen molar-refractivity contribution in [1.82, 2.24) is 19.8 Å². The van der Waals surface area contributed by atoms with Crippen molar-refractivity contribution in [3.05, 3.63) is 57.6 Å². The lowest BCUT2D eigenvalue weighted by molar-refractivity contribution is 0.0746. The molecule has 0 spiro atoms. The van der Waals surface area contributed by atoms with E-state index in [9.17, 15) is 9.59 Å². The maximum Gasteiger partial charge on any atom is 0.254 e. The number of aryl methyl sites for hydroxylation is 1. The van der Waals surface area contributed by atoms with E-state index in [-0.39, 0.29) is 11.5 Å². The monoisotopic (exact) mass is 383 g/mol. The molecule has 1 N–H and O–H groups in total. The van der Waals surface area contributed by atoms with Crippen LogP contribution < -0.4 is 10.5 Å². The van der Waals surface area contributed by atoms with Gasteiger partial charge in [-0.2, -0.15) is 0 Å². The van der Waals surface area contributed by atoms with Crippen LogP contribution in [0.2, 0.25) is 0 Å². The number of rotatable bonds is 6. The molecular formula is C21H29N5O2. The summed E-state index contributed by atoms with van der Waals surface area (Å²) in [6.07, 6.45) is 3.60. The molecule has 0 bridgehead atoms. The Morgan fingerprint density at radius 1 is 1.18 bits per heavy atom. The Kier molecular flexibility index (Phi) is 6.46. The number of nitrogens with zero attached hydrogens (tertiary/aromatic N) is 4. The molecule has 0 unspecified atom stereocenters. The van der Waals surface area contributed by atoms with Gasteiger partial charge in [-0.1, -0.05) is 19.4 Å². The van der Waals surface area contributed by atoms with Crippen molar-refractivity contribution in [3.8, 4) is 0 Å². The van der Waals surface area contributed by atoms with E-state index in [4.69, 9.17) is 0 Å². The molecule has 3 heterocycles. The summed E-state index contributed by atoms with van der Waals surface area (Å²) in [6, 6.07) is 7.36. The minimum absolute atomic E-state index is 0.0719. The molecule has 0 radical (unpaired) electrons. The number of aromatic nitrogens is 2. The zero-order valence-electron chi connectivity index (χ0n) is 16.9. The number of H-pyrrole nitrogens is 1. The van der Waals surface area contributed by atoms with E-state index in [1.165, 1.54) is 11.6 Å². The van der Waals surface area contributed by atoms with Crippen LogP contribution >= 0.6 is 0 Å². The van der Waals surface area contributed by atoms with Crippen LogP contribution in [0, 0.1) is 0 Å². The normalized spacial score (nSPS) is 14.6. The summed E-state index contributed by atoms with van der Waals surface area (Å²) in [5.41, 5.74) is 2.26. The number of carbonyl (C=O) groups is 1. The van der Waals surface area contributed by atoms with E-state index in [0.717, 1.165) is 44.0 Å². The summed E-state index contributed by atoms with van der Waals surface area (Å²) < 4.78 is 0. The number of nitrogens with one attached hydrogen (secondary N) is 1. The highest BCUT2D eigenvalue weighted by atomic mass is 16.2. The summed E-state index contributed by atoms with van der Waals surface area (Å²) >= 11 is 0. The average Bonchev–Trinajstić information content (AvgIpc) is 2.67. The van der Waals surface area contributed by atoms with Crippen LogP contribution in [0.25, 0.3) is 0 Å². The Morgan fingerprint density at radius 3 is 2.54 bits per heavy atom. The third kappa shape index (κ3) is 4.98. The van der Waals surface area contributed by atoms with Gasteiger partial charge in [0.2, 0.25) is 5.56 Å². The third-order valence-corrected chi connectivity index (χ3v) is 4.87. The minimum Gasteiger partial charge on any atom is -0.353 e. The largest absolute Gasteiger partial charge is 0.353 e. The molecule has 2 aromatic rings. The molecule has 0 atom stereocenters. The molecule has 3 rings (SSSR count). The topological polar surface area (TPSA) is 72.5 Å². The highest BCUT2D eigenvalue weighted by molar-refractivity contribution is 5.94. The van der Waals surface area contributed by atoms with E-state index < -0.39 is 0 Å². The van der Waals surface area contributed by atoms with Crippen LogP contribution in [0.5, 0.6) is 0 Å².